The molecular weight excluding hydrogens is 334 g/mol. The van der Waals surface area contributed by atoms with Crippen molar-refractivity contribution >= 4 is 23.5 Å². The first-order chi connectivity index (χ1) is 12.3. The van der Waals surface area contributed by atoms with Gasteiger partial charge in [-0.05, 0) is 44.0 Å². The summed E-state index contributed by atoms with van der Waals surface area (Å²) in [4.78, 5) is 35.5. The summed E-state index contributed by atoms with van der Waals surface area (Å²) in [6.07, 6.45) is 3.05. The van der Waals surface area contributed by atoms with E-state index in [1.165, 1.54) is 26.0 Å². The second-order valence-electron chi connectivity index (χ2n) is 6.55. The van der Waals surface area contributed by atoms with E-state index in [2.05, 4.69) is 16.7 Å². The molecular formula is C19H23N3O4. The molecule has 1 aromatic rings. The van der Waals surface area contributed by atoms with Gasteiger partial charge in [0.1, 0.15) is 5.54 Å². The van der Waals surface area contributed by atoms with Crippen molar-refractivity contribution in [1.29, 1.82) is 5.26 Å². The fraction of sp³-hybridized carbons (Fsp3) is 0.474. The second kappa shape index (κ2) is 8.48. The Labute approximate surface area is 152 Å². The van der Waals surface area contributed by atoms with E-state index in [0.717, 1.165) is 19.3 Å². The number of ether oxygens (including phenoxy) is 1. The van der Waals surface area contributed by atoms with Crippen LogP contribution in [0.5, 0.6) is 0 Å². The molecule has 1 aromatic carbocycles. The van der Waals surface area contributed by atoms with Gasteiger partial charge in [0, 0.05) is 12.6 Å². The van der Waals surface area contributed by atoms with Crippen LogP contribution in [0.2, 0.25) is 0 Å². The number of rotatable bonds is 5. The van der Waals surface area contributed by atoms with Crippen LogP contribution >= 0.6 is 0 Å². The molecule has 1 aliphatic carbocycles. The van der Waals surface area contributed by atoms with E-state index in [9.17, 15) is 19.6 Å². The highest BCUT2D eigenvalue weighted by Crippen LogP contribution is 2.27. The van der Waals surface area contributed by atoms with E-state index in [4.69, 9.17) is 4.74 Å². The van der Waals surface area contributed by atoms with Gasteiger partial charge in [-0.2, -0.15) is 5.26 Å². The average Bonchev–Trinajstić information content (AvgIpc) is 2.62. The van der Waals surface area contributed by atoms with E-state index in [1.807, 2.05) is 0 Å². The van der Waals surface area contributed by atoms with Gasteiger partial charge in [-0.25, -0.2) is 4.79 Å². The van der Waals surface area contributed by atoms with Crippen LogP contribution in [0, 0.1) is 11.3 Å². The predicted octanol–water partition coefficient (Wildman–Crippen LogP) is 2.53. The first-order valence-electron chi connectivity index (χ1n) is 8.67. The molecule has 7 nitrogen and oxygen atoms in total. The van der Waals surface area contributed by atoms with E-state index >= 15 is 0 Å². The van der Waals surface area contributed by atoms with E-state index in [-0.39, 0.29) is 11.5 Å². The molecule has 1 atom stereocenters. The first-order valence-corrected chi connectivity index (χ1v) is 8.67. The van der Waals surface area contributed by atoms with Crippen LogP contribution in [0.3, 0.4) is 0 Å². The molecule has 0 radical (unpaired) electrons. The lowest BCUT2D eigenvalue weighted by molar-refractivity contribution is -0.130. The topological polar surface area (TPSA) is 108 Å². The third-order valence-corrected chi connectivity index (χ3v) is 4.38. The van der Waals surface area contributed by atoms with Crippen LogP contribution < -0.4 is 10.6 Å². The number of esters is 1. The SMILES string of the molecule is CC(=O)Nc1ccc(C(=O)OC(C)C(=O)NC2(C#N)CCCCC2)cc1. The zero-order valence-corrected chi connectivity index (χ0v) is 15.0. The standard InChI is InChI=1S/C19H23N3O4/c1-13(17(24)22-19(12-20)10-4-3-5-11-19)26-18(25)15-6-8-16(9-7-15)21-14(2)23/h6-9,13H,3-5,10-11H2,1-2H3,(H,21,23)(H,22,24). The van der Waals surface area contributed by atoms with Gasteiger partial charge in [0.05, 0.1) is 11.6 Å². The Kier molecular flexibility index (Phi) is 6.34. The Morgan fingerprint density at radius 3 is 2.31 bits per heavy atom. The molecule has 0 aromatic heterocycles. The number of benzene rings is 1. The van der Waals surface area contributed by atoms with Crippen molar-refractivity contribution in [3.63, 3.8) is 0 Å². The van der Waals surface area contributed by atoms with Gasteiger partial charge in [-0.15, -0.1) is 0 Å². The van der Waals surface area contributed by atoms with Gasteiger partial charge >= 0.3 is 5.97 Å². The molecule has 2 rings (SSSR count). The summed E-state index contributed by atoms with van der Waals surface area (Å²) in [7, 11) is 0. The quantitative estimate of drug-likeness (QED) is 0.787. The van der Waals surface area contributed by atoms with Crippen molar-refractivity contribution in [1.82, 2.24) is 5.32 Å². The van der Waals surface area contributed by atoms with Crippen molar-refractivity contribution in [2.24, 2.45) is 0 Å². The molecule has 26 heavy (non-hydrogen) atoms. The smallest absolute Gasteiger partial charge is 0.338 e. The minimum absolute atomic E-state index is 0.209. The number of carbonyl (C=O) groups excluding carboxylic acids is 3. The van der Waals surface area contributed by atoms with Gasteiger partial charge < -0.3 is 15.4 Å². The summed E-state index contributed by atoms with van der Waals surface area (Å²) in [5.41, 5.74) is -0.0322. The molecule has 0 bridgehead atoms. The lowest BCUT2D eigenvalue weighted by Gasteiger charge is -2.32. The largest absolute Gasteiger partial charge is 0.449 e. The molecule has 1 unspecified atom stereocenters. The monoisotopic (exact) mass is 357 g/mol. The van der Waals surface area contributed by atoms with Gasteiger partial charge in [0.2, 0.25) is 5.91 Å². The third-order valence-electron chi connectivity index (χ3n) is 4.38. The van der Waals surface area contributed by atoms with E-state index < -0.39 is 23.5 Å². The normalized spacial score (nSPS) is 16.7. The Morgan fingerprint density at radius 1 is 1.15 bits per heavy atom. The highest BCUT2D eigenvalue weighted by Gasteiger charge is 2.35. The Morgan fingerprint density at radius 2 is 1.77 bits per heavy atom. The van der Waals surface area contributed by atoms with E-state index in [0.29, 0.717) is 18.5 Å². The number of anilines is 1. The molecule has 1 aliphatic rings. The van der Waals surface area contributed by atoms with Crippen LogP contribution in [0.15, 0.2) is 24.3 Å². The fourth-order valence-electron chi connectivity index (χ4n) is 2.93. The number of carbonyl (C=O) groups is 3. The lowest BCUT2D eigenvalue weighted by atomic mass is 9.83. The lowest BCUT2D eigenvalue weighted by Crippen LogP contribution is -2.52. The van der Waals surface area contributed by atoms with Crippen LogP contribution in [0.4, 0.5) is 5.69 Å². The zero-order chi connectivity index (χ0) is 19.2. The highest BCUT2D eigenvalue weighted by atomic mass is 16.5. The highest BCUT2D eigenvalue weighted by molar-refractivity contribution is 5.94. The van der Waals surface area contributed by atoms with Gasteiger partial charge in [0.15, 0.2) is 6.10 Å². The maximum atomic E-state index is 12.3. The third kappa shape index (κ3) is 5.06. The van der Waals surface area contributed by atoms with Crippen molar-refractivity contribution in [2.45, 2.75) is 57.6 Å². The van der Waals surface area contributed by atoms with Crippen LogP contribution in [-0.2, 0) is 14.3 Å². The minimum Gasteiger partial charge on any atom is -0.449 e. The van der Waals surface area contributed by atoms with Crippen molar-refractivity contribution in [2.75, 3.05) is 5.32 Å². The number of hydrogen-bond donors (Lipinski definition) is 2. The molecule has 7 heteroatoms. The first kappa shape index (κ1) is 19.4. The number of nitrogens with zero attached hydrogens (tertiary/aromatic N) is 1. The number of nitriles is 1. The maximum Gasteiger partial charge on any atom is 0.338 e. The maximum absolute atomic E-state index is 12.3. The average molecular weight is 357 g/mol. The summed E-state index contributed by atoms with van der Waals surface area (Å²) in [5.74, 6) is -1.33. The number of amides is 2. The molecule has 1 saturated carbocycles. The number of hydrogen-bond acceptors (Lipinski definition) is 5. The van der Waals surface area contributed by atoms with Gasteiger partial charge in [0.25, 0.3) is 5.91 Å². The molecule has 0 heterocycles. The number of nitrogens with one attached hydrogen (secondary N) is 2. The zero-order valence-electron chi connectivity index (χ0n) is 15.0. The van der Waals surface area contributed by atoms with Crippen LogP contribution in [-0.4, -0.2) is 29.4 Å². The van der Waals surface area contributed by atoms with Crippen molar-refractivity contribution in [3.05, 3.63) is 29.8 Å². The fourth-order valence-corrected chi connectivity index (χ4v) is 2.93. The summed E-state index contributed by atoms with van der Waals surface area (Å²) in [6.45, 7) is 2.87. The van der Waals surface area contributed by atoms with E-state index in [1.54, 1.807) is 12.1 Å². The molecule has 138 valence electrons. The van der Waals surface area contributed by atoms with Crippen molar-refractivity contribution < 1.29 is 19.1 Å². The minimum atomic E-state index is -1.01. The molecule has 1 fully saturated rings. The summed E-state index contributed by atoms with van der Waals surface area (Å²) in [6, 6.07) is 8.38. The Hall–Kier alpha value is -2.88. The molecule has 0 aliphatic heterocycles. The molecule has 2 N–H and O–H groups in total. The molecule has 0 spiro atoms. The van der Waals surface area contributed by atoms with Gasteiger partial charge in [-0.3, -0.25) is 9.59 Å². The molecule has 2 amide bonds. The summed E-state index contributed by atoms with van der Waals surface area (Å²) < 4.78 is 5.20. The Balaban J connectivity index is 1.94. The van der Waals surface area contributed by atoms with Crippen molar-refractivity contribution in [3.8, 4) is 6.07 Å². The van der Waals surface area contributed by atoms with Gasteiger partial charge in [-0.1, -0.05) is 19.3 Å². The predicted molar refractivity (Wildman–Crippen MR) is 95.2 cm³/mol. The Bertz CT molecular complexity index is 715. The van der Waals surface area contributed by atoms with Crippen LogP contribution in [0.1, 0.15) is 56.3 Å². The molecule has 0 saturated heterocycles. The summed E-state index contributed by atoms with van der Waals surface area (Å²) in [5, 5.41) is 14.8. The summed E-state index contributed by atoms with van der Waals surface area (Å²) >= 11 is 0. The van der Waals surface area contributed by atoms with Crippen LogP contribution in [0.25, 0.3) is 0 Å². The second-order valence-corrected chi connectivity index (χ2v) is 6.55.